The van der Waals surface area contributed by atoms with Gasteiger partial charge < -0.3 is 10.2 Å². The van der Waals surface area contributed by atoms with E-state index in [1.54, 1.807) is 12.1 Å². The zero-order valence-corrected chi connectivity index (χ0v) is 16.0. The number of phenolic OH excluding ortho intramolecular Hbond substituents is 1. The van der Waals surface area contributed by atoms with E-state index in [-0.39, 0.29) is 29.9 Å². The molecule has 2 aliphatic rings. The van der Waals surface area contributed by atoms with Crippen LogP contribution < -0.4 is 0 Å². The van der Waals surface area contributed by atoms with Crippen LogP contribution in [0.3, 0.4) is 0 Å². The standard InChI is InChI=1S/C24H23F3O2/c25-24(26,27)13-11-22(29)10-12-23(15-17-4-2-1-3-5-17)19(16-22)7-6-18-14-20(28)8-9-21(18)23/h1-5,8-9,14,19,28-29H,6-7,10,12,15-16H2/t19-,22+,23+/m1/s1. The van der Waals surface area contributed by atoms with Crippen molar-refractivity contribution in [3.05, 3.63) is 65.2 Å². The summed E-state index contributed by atoms with van der Waals surface area (Å²) in [7, 11) is 0. The predicted octanol–water partition coefficient (Wildman–Crippen LogP) is 4.92. The molecular formula is C24H23F3O2. The molecule has 0 unspecified atom stereocenters. The molecule has 4 rings (SSSR count). The van der Waals surface area contributed by atoms with Gasteiger partial charge in [0.15, 0.2) is 0 Å². The lowest BCUT2D eigenvalue weighted by Crippen LogP contribution is -2.51. The highest BCUT2D eigenvalue weighted by Crippen LogP contribution is 2.54. The van der Waals surface area contributed by atoms with E-state index < -0.39 is 11.8 Å². The van der Waals surface area contributed by atoms with Crippen LogP contribution in [-0.4, -0.2) is 22.0 Å². The van der Waals surface area contributed by atoms with Gasteiger partial charge >= 0.3 is 6.18 Å². The number of alkyl halides is 3. The summed E-state index contributed by atoms with van der Waals surface area (Å²) in [5, 5.41) is 20.8. The van der Waals surface area contributed by atoms with E-state index in [1.807, 2.05) is 24.3 Å². The number of hydrogen-bond acceptors (Lipinski definition) is 2. The van der Waals surface area contributed by atoms with Crippen molar-refractivity contribution >= 4 is 0 Å². The first kappa shape index (κ1) is 19.8. The van der Waals surface area contributed by atoms with Gasteiger partial charge in [-0.2, -0.15) is 13.2 Å². The van der Waals surface area contributed by atoms with Crippen LogP contribution in [0, 0.1) is 17.8 Å². The van der Waals surface area contributed by atoms with Crippen molar-refractivity contribution in [2.45, 2.75) is 55.7 Å². The summed E-state index contributed by atoms with van der Waals surface area (Å²) in [5.74, 6) is 3.65. The largest absolute Gasteiger partial charge is 0.508 e. The Bertz CT molecular complexity index is 958. The van der Waals surface area contributed by atoms with E-state index in [9.17, 15) is 23.4 Å². The summed E-state index contributed by atoms with van der Waals surface area (Å²) in [6, 6.07) is 15.5. The molecule has 5 heteroatoms. The van der Waals surface area contributed by atoms with Gasteiger partial charge in [-0.1, -0.05) is 42.3 Å². The predicted molar refractivity (Wildman–Crippen MR) is 104 cm³/mol. The molecule has 0 heterocycles. The summed E-state index contributed by atoms with van der Waals surface area (Å²) in [5.41, 5.74) is 1.49. The fourth-order valence-electron chi connectivity index (χ4n) is 5.26. The second-order valence-corrected chi connectivity index (χ2v) is 8.38. The number of rotatable bonds is 2. The fraction of sp³-hybridized carbons (Fsp3) is 0.417. The minimum atomic E-state index is -4.61. The molecule has 0 spiro atoms. The van der Waals surface area contributed by atoms with E-state index in [0.717, 1.165) is 36.0 Å². The first-order chi connectivity index (χ1) is 13.7. The molecule has 152 valence electrons. The van der Waals surface area contributed by atoms with Gasteiger partial charge in [0.2, 0.25) is 0 Å². The van der Waals surface area contributed by atoms with Crippen molar-refractivity contribution in [2.24, 2.45) is 5.92 Å². The summed E-state index contributed by atoms with van der Waals surface area (Å²) in [6.45, 7) is 0. The molecule has 29 heavy (non-hydrogen) atoms. The molecule has 0 amide bonds. The van der Waals surface area contributed by atoms with E-state index in [0.29, 0.717) is 6.42 Å². The van der Waals surface area contributed by atoms with E-state index in [4.69, 9.17) is 0 Å². The Labute approximate surface area is 168 Å². The number of aromatic hydroxyl groups is 1. The van der Waals surface area contributed by atoms with Crippen molar-refractivity contribution in [1.82, 2.24) is 0 Å². The quantitative estimate of drug-likeness (QED) is 0.703. The third-order valence-corrected chi connectivity index (χ3v) is 6.54. The van der Waals surface area contributed by atoms with Crippen molar-refractivity contribution in [3.63, 3.8) is 0 Å². The van der Waals surface area contributed by atoms with Crippen molar-refractivity contribution in [1.29, 1.82) is 0 Å². The van der Waals surface area contributed by atoms with Gasteiger partial charge in [0, 0.05) is 11.3 Å². The van der Waals surface area contributed by atoms with Gasteiger partial charge in [-0.15, -0.1) is 0 Å². The second kappa shape index (κ2) is 7.11. The van der Waals surface area contributed by atoms with Crippen LogP contribution in [0.2, 0.25) is 0 Å². The first-order valence-corrected chi connectivity index (χ1v) is 9.89. The lowest BCUT2D eigenvalue weighted by molar-refractivity contribution is -0.0712. The Hall–Kier alpha value is -2.45. The average Bonchev–Trinajstić information content (AvgIpc) is 2.67. The van der Waals surface area contributed by atoms with Gasteiger partial charge in [0.1, 0.15) is 11.4 Å². The minimum absolute atomic E-state index is 0.0148. The van der Waals surface area contributed by atoms with Crippen LogP contribution in [0.4, 0.5) is 13.2 Å². The molecule has 2 aliphatic carbocycles. The van der Waals surface area contributed by atoms with Gasteiger partial charge in [-0.25, -0.2) is 0 Å². The lowest BCUT2D eigenvalue weighted by atomic mass is 9.52. The van der Waals surface area contributed by atoms with Gasteiger partial charge in [0.25, 0.3) is 0 Å². The van der Waals surface area contributed by atoms with Crippen molar-refractivity contribution in [3.8, 4) is 17.6 Å². The van der Waals surface area contributed by atoms with E-state index in [1.165, 1.54) is 5.92 Å². The van der Waals surface area contributed by atoms with Gasteiger partial charge in [-0.05, 0) is 73.3 Å². The number of halogens is 3. The highest BCUT2D eigenvalue weighted by molar-refractivity contribution is 5.45. The smallest absolute Gasteiger partial charge is 0.457 e. The van der Waals surface area contributed by atoms with Crippen LogP contribution in [0.1, 0.15) is 42.4 Å². The number of hydrogen-bond donors (Lipinski definition) is 2. The topological polar surface area (TPSA) is 40.5 Å². The lowest BCUT2D eigenvalue weighted by Gasteiger charge is -2.52. The molecule has 0 aliphatic heterocycles. The Morgan fingerprint density at radius 1 is 1.07 bits per heavy atom. The van der Waals surface area contributed by atoms with Gasteiger partial charge in [-0.3, -0.25) is 0 Å². The Balaban J connectivity index is 1.74. The molecule has 0 radical (unpaired) electrons. The zero-order valence-electron chi connectivity index (χ0n) is 16.0. The molecule has 0 aromatic heterocycles. The maximum Gasteiger partial charge on any atom is 0.457 e. The number of fused-ring (bicyclic) bond motifs is 3. The number of benzene rings is 2. The monoisotopic (exact) mass is 400 g/mol. The number of phenols is 1. The molecule has 2 aromatic rings. The molecule has 2 nitrogen and oxygen atoms in total. The summed E-state index contributed by atoms with van der Waals surface area (Å²) in [6.07, 6.45) is -1.41. The molecule has 0 saturated heterocycles. The minimum Gasteiger partial charge on any atom is -0.508 e. The molecule has 2 aromatic carbocycles. The Kier molecular flexibility index (Phi) is 4.86. The molecule has 0 bridgehead atoms. The summed E-state index contributed by atoms with van der Waals surface area (Å²) in [4.78, 5) is 0. The second-order valence-electron chi connectivity index (χ2n) is 8.38. The van der Waals surface area contributed by atoms with Crippen LogP contribution in [0.5, 0.6) is 5.75 Å². The van der Waals surface area contributed by atoms with Crippen molar-refractivity contribution < 1.29 is 23.4 Å². The van der Waals surface area contributed by atoms with Crippen LogP contribution in [0.25, 0.3) is 0 Å². The Morgan fingerprint density at radius 3 is 2.55 bits per heavy atom. The average molecular weight is 400 g/mol. The number of aryl methyl sites for hydroxylation is 1. The van der Waals surface area contributed by atoms with E-state index in [2.05, 4.69) is 18.1 Å². The summed E-state index contributed by atoms with van der Waals surface area (Å²) >= 11 is 0. The molecule has 1 fully saturated rings. The summed E-state index contributed by atoms with van der Waals surface area (Å²) < 4.78 is 37.8. The molecule has 1 saturated carbocycles. The normalized spacial score (nSPS) is 28.6. The maximum atomic E-state index is 12.6. The zero-order chi connectivity index (χ0) is 20.7. The molecule has 3 atom stereocenters. The SMILES string of the molecule is Oc1ccc2c(c1)CC[C@@H]1C[C@@](O)(C#CC(F)(F)F)CC[C@@]21Cc1ccccc1. The van der Waals surface area contributed by atoms with Gasteiger partial charge in [0.05, 0.1) is 0 Å². The highest BCUT2D eigenvalue weighted by Gasteiger charge is 2.51. The molecule has 2 N–H and O–H groups in total. The van der Waals surface area contributed by atoms with Crippen LogP contribution in [0.15, 0.2) is 48.5 Å². The highest BCUT2D eigenvalue weighted by atomic mass is 19.4. The third kappa shape index (κ3) is 4.00. The third-order valence-electron chi connectivity index (χ3n) is 6.54. The maximum absolute atomic E-state index is 12.6. The van der Waals surface area contributed by atoms with E-state index >= 15 is 0 Å². The Morgan fingerprint density at radius 2 is 1.83 bits per heavy atom. The molecular weight excluding hydrogens is 377 g/mol. The first-order valence-electron chi connectivity index (χ1n) is 9.89. The number of aliphatic hydroxyl groups is 1. The van der Waals surface area contributed by atoms with Crippen LogP contribution >= 0.6 is 0 Å². The fourth-order valence-corrected chi connectivity index (χ4v) is 5.26. The van der Waals surface area contributed by atoms with Crippen molar-refractivity contribution in [2.75, 3.05) is 0 Å². The van der Waals surface area contributed by atoms with Crippen LogP contribution in [-0.2, 0) is 18.3 Å².